The Bertz CT molecular complexity index is 948. The van der Waals surface area contributed by atoms with Gasteiger partial charge in [0.15, 0.2) is 0 Å². The third-order valence-electron chi connectivity index (χ3n) is 4.32. The van der Waals surface area contributed by atoms with Gasteiger partial charge >= 0.3 is 11.5 Å². The lowest BCUT2D eigenvalue weighted by molar-refractivity contribution is -0.136. The molecular formula is C17H13ClF3NO4S2. The first-order valence-electron chi connectivity index (χ1n) is 7.88. The van der Waals surface area contributed by atoms with Crippen LogP contribution in [0.3, 0.4) is 0 Å². The molecule has 0 aromatic carbocycles. The molecule has 1 aliphatic carbocycles. The summed E-state index contributed by atoms with van der Waals surface area (Å²) in [6.45, 7) is 1.57. The van der Waals surface area contributed by atoms with Crippen LogP contribution in [-0.4, -0.2) is 38.5 Å². The molecule has 1 aromatic rings. The third-order valence-corrected chi connectivity index (χ3v) is 6.60. The standard InChI is InChI=1S/C17H13ClF3NO4S2/c1-7-8(5-14(24)25)9-4-12(23)10(18)6-11(9)22(7)16(26)13-2-3-15(27-13)28-17(19,20)21/h2-4,11,23H,5-6H2,1H3,(H,24,25). The highest BCUT2D eigenvalue weighted by atomic mass is 35.5. The van der Waals surface area contributed by atoms with Crippen LogP contribution in [0.25, 0.3) is 0 Å². The molecule has 0 radical (unpaired) electrons. The van der Waals surface area contributed by atoms with Crippen LogP contribution in [0.2, 0.25) is 0 Å². The zero-order valence-corrected chi connectivity index (χ0v) is 16.6. The average molecular weight is 452 g/mol. The summed E-state index contributed by atoms with van der Waals surface area (Å²) in [5.41, 5.74) is -3.24. The number of carbonyl (C=O) groups excluding carboxylic acids is 1. The van der Waals surface area contributed by atoms with Gasteiger partial charge < -0.3 is 15.1 Å². The van der Waals surface area contributed by atoms with Crippen molar-refractivity contribution < 1.29 is 33.0 Å². The summed E-state index contributed by atoms with van der Waals surface area (Å²) >= 11 is 6.43. The van der Waals surface area contributed by atoms with Crippen LogP contribution in [0.5, 0.6) is 0 Å². The summed E-state index contributed by atoms with van der Waals surface area (Å²) in [5.74, 6) is -1.85. The zero-order valence-electron chi connectivity index (χ0n) is 14.2. The van der Waals surface area contributed by atoms with Gasteiger partial charge in [-0.1, -0.05) is 11.6 Å². The quantitative estimate of drug-likeness (QED) is 0.609. The van der Waals surface area contributed by atoms with Crippen LogP contribution in [0.1, 0.15) is 29.4 Å². The van der Waals surface area contributed by atoms with Crippen LogP contribution in [0.15, 0.2) is 50.1 Å². The number of amides is 1. The average Bonchev–Trinajstić information content (AvgIpc) is 3.10. The predicted octanol–water partition coefficient (Wildman–Crippen LogP) is 5.27. The summed E-state index contributed by atoms with van der Waals surface area (Å²) in [4.78, 5) is 25.7. The van der Waals surface area contributed by atoms with Crippen molar-refractivity contribution in [2.24, 2.45) is 0 Å². The number of aliphatic hydroxyl groups is 1. The molecule has 5 nitrogen and oxygen atoms in total. The molecule has 1 aromatic heterocycles. The van der Waals surface area contributed by atoms with E-state index in [1.54, 1.807) is 6.92 Å². The Kier molecular flexibility index (Phi) is 5.57. The van der Waals surface area contributed by atoms with Crippen molar-refractivity contribution in [1.82, 2.24) is 4.90 Å². The molecule has 1 atom stereocenters. The second-order valence-electron chi connectivity index (χ2n) is 6.09. The Morgan fingerprint density at radius 1 is 1.39 bits per heavy atom. The second-order valence-corrected chi connectivity index (χ2v) is 8.99. The van der Waals surface area contributed by atoms with Crippen LogP contribution >= 0.6 is 34.7 Å². The number of nitrogens with zero attached hydrogens (tertiary/aromatic N) is 1. The Morgan fingerprint density at radius 3 is 2.68 bits per heavy atom. The topological polar surface area (TPSA) is 77.8 Å². The van der Waals surface area contributed by atoms with Crippen molar-refractivity contribution in [1.29, 1.82) is 0 Å². The minimum atomic E-state index is -4.46. The van der Waals surface area contributed by atoms with E-state index in [0.29, 0.717) is 28.2 Å². The van der Waals surface area contributed by atoms with Gasteiger partial charge in [-0.05, 0) is 48.0 Å². The Balaban J connectivity index is 1.97. The molecule has 0 saturated heterocycles. The molecule has 1 aliphatic heterocycles. The highest BCUT2D eigenvalue weighted by Gasteiger charge is 2.41. The fourth-order valence-corrected chi connectivity index (χ4v) is 5.17. The molecule has 11 heteroatoms. The monoisotopic (exact) mass is 451 g/mol. The first kappa shape index (κ1) is 20.8. The van der Waals surface area contributed by atoms with Gasteiger partial charge in [0.1, 0.15) is 5.76 Å². The van der Waals surface area contributed by atoms with E-state index in [1.807, 2.05) is 0 Å². The lowest BCUT2D eigenvalue weighted by atomic mass is 9.92. The van der Waals surface area contributed by atoms with Gasteiger partial charge in [0.05, 0.1) is 26.6 Å². The Labute approximate surface area is 170 Å². The minimum absolute atomic E-state index is 0.0718. The van der Waals surface area contributed by atoms with Crippen molar-refractivity contribution in [3.8, 4) is 0 Å². The summed E-state index contributed by atoms with van der Waals surface area (Å²) in [6.07, 6.45) is 1.06. The van der Waals surface area contributed by atoms with Gasteiger partial charge in [-0.3, -0.25) is 9.59 Å². The molecule has 0 spiro atoms. The number of rotatable bonds is 4. The number of aliphatic carboxylic acids is 1. The van der Waals surface area contributed by atoms with Crippen molar-refractivity contribution in [3.63, 3.8) is 0 Å². The number of halogens is 4. The molecule has 28 heavy (non-hydrogen) atoms. The number of fused-ring (bicyclic) bond motifs is 1. The predicted molar refractivity (Wildman–Crippen MR) is 99.3 cm³/mol. The van der Waals surface area contributed by atoms with Crippen LogP contribution in [0, 0.1) is 0 Å². The lowest BCUT2D eigenvalue weighted by Gasteiger charge is -2.28. The van der Waals surface area contributed by atoms with E-state index in [-0.39, 0.29) is 44.5 Å². The number of hydrogen-bond acceptors (Lipinski definition) is 5. The Morgan fingerprint density at radius 2 is 2.07 bits per heavy atom. The number of carboxylic acid groups (broad SMARTS) is 1. The SMILES string of the molecule is CC1=C(CC(=O)O)C2=CC(O)=C(Cl)CC2N1C(=O)c1ccc(SC(F)(F)F)s1. The number of carbonyl (C=O) groups is 2. The van der Waals surface area contributed by atoms with Gasteiger partial charge in [0.25, 0.3) is 5.91 Å². The largest absolute Gasteiger partial charge is 0.507 e. The number of thioether (sulfide) groups is 1. The maximum absolute atomic E-state index is 13.0. The van der Waals surface area contributed by atoms with E-state index < -0.39 is 23.4 Å². The normalized spacial score (nSPS) is 19.8. The molecule has 1 amide bonds. The maximum Gasteiger partial charge on any atom is 0.447 e. The van der Waals surface area contributed by atoms with Gasteiger partial charge in [-0.2, -0.15) is 13.2 Å². The van der Waals surface area contributed by atoms with E-state index in [2.05, 4.69) is 0 Å². The molecule has 2 aliphatic rings. The summed E-state index contributed by atoms with van der Waals surface area (Å²) < 4.78 is 37.6. The molecule has 0 saturated carbocycles. The summed E-state index contributed by atoms with van der Waals surface area (Å²) in [5, 5.41) is 19.2. The van der Waals surface area contributed by atoms with Crippen LogP contribution < -0.4 is 0 Å². The molecule has 3 rings (SSSR count). The molecule has 150 valence electrons. The first-order chi connectivity index (χ1) is 13.0. The Hall–Kier alpha value is -1.91. The molecule has 2 N–H and O–H groups in total. The van der Waals surface area contributed by atoms with E-state index in [4.69, 9.17) is 11.6 Å². The van der Waals surface area contributed by atoms with E-state index in [0.717, 1.165) is 0 Å². The summed E-state index contributed by atoms with van der Waals surface area (Å²) in [7, 11) is 0. The highest BCUT2D eigenvalue weighted by molar-refractivity contribution is 8.02. The molecule has 2 heterocycles. The van der Waals surface area contributed by atoms with E-state index in [9.17, 15) is 33.0 Å². The van der Waals surface area contributed by atoms with Crippen LogP contribution in [-0.2, 0) is 4.79 Å². The number of thiophene rings is 1. The fourth-order valence-electron chi connectivity index (χ4n) is 3.21. The molecule has 1 unspecified atom stereocenters. The molecule has 0 bridgehead atoms. The van der Waals surface area contributed by atoms with Crippen molar-refractivity contribution in [2.45, 2.75) is 35.5 Å². The fraction of sp³-hybridized carbons (Fsp3) is 0.294. The summed E-state index contributed by atoms with van der Waals surface area (Å²) in [6, 6.07) is 1.91. The third kappa shape index (κ3) is 4.08. The van der Waals surface area contributed by atoms with Crippen molar-refractivity contribution >= 4 is 46.6 Å². The van der Waals surface area contributed by atoms with Gasteiger partial charge in [-0.15, -0.1) is 11.3 Å². The van der Waals surface area contributed by atoms with Crippen LogP contribution in [0.4, 0.5) is 13.2 Å². The van der Waals surface area contributed by atoms with Crippen molar-refractivity contribution in [3.05, 3.63) is 50.7 Å². The van der Waals surface area contributed by atoms with Gasteiger partial charge in [0, 0.05) is 12.1 Å². The number of alkyl halides is 3. The lowest BCUT2D eigenvalue weighted by Crippen LogP contribution is -2.36. The number of allylic oxidation sites excluding steroid dienone is 2. The number of hydrogen-bond donors (Lipinski definition) is 2. The van der Waals surface area contributed by atoms with E-state index in [1.165, 1.54) is 23.1 Å². The number of carboxylic acids is 1. The zero-order chi connectivity index (χ0) is 20.8. The minimum Gasteiger partial charge on any atom is -0.507 e. The molecule has 0 fully saturated rings. The maximum atomic E-state index is 13.0. The van der Waals surface area contributed by atoms with E-state index >= 15 is 0 Å². The van der Waals surface area contributed by atoms with Gasteiger partial charge in [0.2, 0.25) is 0 Å². The molecular weight excluding hydrogens is 439 g/mol. The van der Waals surface area contributed by atoms with Gasteiger partial charge in [-0.25, -0.2) is 0 Å². The second kappa shape index (κ2) is 7.49. The smallest absolute Gasteiger partial charge is 0.447 e. The van der Waals surface area contributed by atoms with Crippen molar-refractivity contribution in [2.75, 3.05) is 0 Å². The highest BCUT2D eigenvalue weighted by Crippen LogP contribution is 2.45. The number of aliphatic hydroxyl groups excluding tert-OH is 1. The first-order valence-corrected chi connectivity index (χ1v) is 9.89.